The van der Waals surface area contributed by atoms with Gasteiger partial charge in [-0.1, -0.05) is 56.5 Å². The summed E-state index contributed by atoms with van der Waals surface area (Å²) in [5, 5.41) is 0.491. The molecular weight excluding hydrogens is 279 g/mol. The highest BCUT2D eigenvalue weighted by atomic mass is 127. The van der Waals surface area contributed by atoms with Gasteiger partial charge in [0.2, 0.25) is 0 Å². The minimum absolute atomic E-state index is 0.491. The second-order valence-corrected chi connectivity index (χ2v) is 13.3. The SMILES string of the molecule is CC(C)(C)[Si](C)(C)[C@@H](I)[C@@H]1CO1. The fraction of sp³-hybridized carbons (Fsp3) is 1.00. The first-order valence-electron chi connectivity index (χ1n) is 4.52. The second-order valence-electron chi connectivity index (χ2n) is 5.25. The smallest absolute Gasteiger partial charge is 0.0902 e. The van der Waals surface area contributed by atoms with Crippen LogP contribution in [0.25, 0.3) is 0 Å². The van der Waals surface area contributed by atoms with E-state index in [0.29, 0.717) is 11.1 Å². The van der Waals surface area contributed by atoms with E-state index >= 15 is 0 Å². The largest absolute Gasteiger partial charge is 0.372 e. The first-order valence-corrected chi connectivity index (χ1v) is 8.85. The van der Waals surface area contributed by atoms with Crippen molar-refractivity contribution in [1.82, 2.24) is 0 Å². The quantitative estimate of drug-likeness (QED) is 0.330. The maximum absolute atomic E-state index is 5.38. The number of hydrogen-bond donors (Lipinski definition) is 0. The summed E-state index contributed by atoms with van der Waals surface area (Å²) in [5.74, 6) is 0. The maximum atomic E-state index is 5.38. The van der Waals surface area contributed by atoms with Crippen molar-refractivity contribution in [1.29, 1.82) is 0 Å². The van der Waals surface area contributed by atoms with Gasteiger partial charge in [0.15, 0.2) is 0 Å². The average molecular weight is 298 g/mol. The Labute approximate surface area is 90.4 Å². The Morgan fingerprint density at radius 3 is 2.08 bits per heavy atom. The molecule has 2 atom stereocenters. The van der Waals surface area contributed by atoms with Crippen LogP contribution in [0.3, 0.4) is 0 Å². The van der Waals surface area contributed by atoms with Crippen LogP contribution in [0.1, 0.15) is 20.8 Å². The molecule has 0 unspecified atom stereocenters. The van der Waals surface area contributed by atoms with Crippen LogP contribution in [0.4, 0.5) is 0 Å². The molecule has 0 aromatic rings. The van der Waals surface area contributed by atoms with Gasteiger partial charge in [0, 0.05) is 3.55 Å². The van der Waals surface area contributed by atoms with Crippen LogP contribution in [0.5, 0.6) is 0 Å². The average Bonchev–Trinajstić information content (AvgIpc) is 2.64. The summed E-state index contributed by atoms with van der Waals surface area (Å²) in [4.78, 5) is 0. The Kier molecular flexibility index (Phi) is 2.97. The molecule has 1 fully saturated rings. The van der Waals surface area contributed by atoms with Crippen LogP contribution < -0.4 is 0 Å². The van der Waals surface area contributed by atoms with E-state index in [1.165, 1.54) is 0 Å². The Morgan fingerprint density at radius 1 is 1.42 bits per heavy atom. The standard InChI is InChI=1S/C9H19IOSi/c1-9(2,3)12(4,5)8(10)7-6-11-7/h7-8H,6H2,1-5H3/t7-,8+/m0/s1. The number of ether oxygens (including phenoxy) is 1. The normalized spacial score (nSPS) is 27.0. The van der Waals surface area contributed by atoms with Crippen LogP contribution in [-0.2, 0) is 4.74 Å². The predicted molar refractivity (Wildman–Crippen MR) is 64.7 cm³/mol. The number of halogens is 1. The third-order valence-corrected chi connectivity index (χ3v) is 14.4. The summed E-state index contributed by atoms with van der Waals surface area (Å²) in [6.45, 7) is 13.1. The van der Waals surface area contributed by atoms with Crippen molar-refractivity contribution in [3.05, 3.63) is 0 Å². The second kappa shape index (κ2) is 3.24. The van der Waals surface area contributed by atoms with E-state index in [1.807, 2.05) is 0 Å². The molecule has 1 rings (SSSR count). The van der Waals surface area contributed by atoms with E-state index < -0.39 is 8.07 Å². The molecular formula is C9H19IOSi. The van der Waals surface area contributed by atoms with E-state index in [1.54, 1.807) is 0 Å². The van der Waals surface area contributed by atoms with Gasteiger partial charge in [-0.2, -0.15) is 0 Å². The predicted octanol–water partition coefficient (Wildman–Crippen LogP) is 3.24. The molecule has 0 aromatic carbocycles. The van der Waals surface area contributed by atoms with Crippen LogP contribution in [0.15, 0.2) is 0 Å². The monoisotopic (exact) mass is 298 g/mol. The maximum Gasteiger partial charge on any atom is 0.0902 e. The molecule has 0 aromatic heterocycles. The van der Waals surface area contributed by atoms with E-state index in [4.69, 9.17) is 4.74 Å². The van der Waals surface area contributed by atoms with Crippen molar-refractivity contribution in [3.8, 4) is 0 Å². The van der Waals surface area contributed by atoms with Crippen LogP contribution in [0, 0.1) is 0 Å². The molecule has 1 aliphatic heterocycles. The fourth-order valence-corrected chi connectivity index (χ4v) is 6.27. The lowest BCUT2D eigenvalue weighted by Gasteiger charge is -2.40. The molecule has 0 spiro atoms. The van der Waals surface area contributed by atoms with Crippen molar-refractivity contribution < 1.29 is 4.74 Å². The molecule has 1 aliphatic rings. The summed E-state index contributed by atoms with van der Waals surface area (Å²) in [6.07, 6.45) is 0.575. The van der Waals surface area contributed by atoms with Crippen molar-refractivity contribution in [2.75, 3.05) is 6.61 Å². The van der Waals surface area contributed by atoms with E-state index in [-0.39, 0.29) is 0 Å². The summed E-state index contributed by atoms with van der Waals surface area (Å²) in [7, 11) is -1.15. The van der Waals surface area contributed by atoms with Gasteiger partial charge < -0.3 is 4.74 Å². The number of alkyl halides is 1. The lowest BCUT2D eigenvalue weighted by Crippen LogP contribution is -2.48. The zero-order valence-corrected chi connectivity index (χ0v) is 11.8. The highest BCUT2D eigenvalue weighted by Gasteiger charge is 2.48. The molecule has 0 N–H and O–H groups in total. The molecule has 0 saturated carbocycles. The molecule has 12 heavy (non-hydrogen) atoms. The van der Waals surface area contributed by atoms with Crippen molar-refractivity contribution in [2.45, 2.75) is 48.6 Å². The Hall–Kier alpha value is 0.907. The molecule has 0 amide bonds. The highest BCUT2D eigenvalue weighted by Crippen LogP contribution is 2.44. The summed E-state index contributed by atoms with van der Waals surface area (Å²) < 4.78 is 6.15. The van der Waals surface area contributed by atoms with E-state index in [2.05, 4.69) is 56.5 Å². The number of rotatable bonds is 2. The van der Waals surface area contributed by atoms with Gasteiger partial charge in [0.25, 0.3) is 0 Å². The molecule has 0 aliphatic carbocycles. The van der Waals surface area contributed by atoms with Gasteiger partial charge in [0.05, 0.1) is 20.8 Å². The first-order chi connectivity index (χ1) is 5.27. The molecule has 3 heteroatoms. The van der Waals surface area contributed by atoms with Crippen molar-refractivity contribution in [3.63, 3.8) is 0 Å². The first kappa shape index (κ1) is 11.0. The van der Waals surface area contributed by atoms with Gasteiger partial charge in [-0.25, -0.2) is 0 Å². The zero-order chi connectivity index (χ0) is 9.57. The molecule has 72 valence electrons. The van der Waals surface area contributed by atoms with E-state index in [9.17, 15) is 0 Å². The van der Waals surface area contributed by atoms with Crippen LogP contribution in [0.2, 0.25) is 18.1 Å². The Morgan fingerprint density at radius 2 is 1.83 bits per heavy atom. The minimum Gasteiger partial charge on any atom is -0.372 e. The Balaban J connectivity index is 2.68. The van der Waals surface area contributed by atoms with Gasteiger partial charge in [-0.05, 0) is 5.04 Å². The van der Waals surface area contributed by atoms with Crippen LogP contribution >= 0.6 is 22.6 Å². The topological polar surface area (TPSA) is 12.5 Å². The third kappa shape index (κ3) is 2.04. The van der Waals surface area contributed by atoms with Crippen LogP contribution in [-0.4, -0.2) is 24.3 Å². The molecule has 1 nitrogen and oxygen atoms in total. The van der Waals surface area contributed by atoms with E-state index in [0.717, 1.165) is 10.2 Å². The third-order valence-electron chi connectivity index (χ3n) is 3.31. The lowest BCUT2D eigenvalue weighted by atomic mass is 10.2. The van der Waals surface area contributed by atoms with Gasteiger partial charge in [-0.3, -0.25) is 0 Å². The lowest BCUT2D eigenvalue weighted by molar-refractivity contribution is 0.418. The Bertz CT molecular complexity index is 170. The summed E-state index contributed by atoms with van der Waals surface area (Å²) in [6, 6.07) is 0. The van der Waals surface area contributed by atoms with Crippen molar-refractivity contribution in [2.24, 2.45) is 0 Å². The minimum atomic E-state index is -1.15. The zero-order valence-electron chi connectivity index (χ0n) is 8.65. The number of epoxide rings is 1. The summed E-state index contributed by atoms with van der Waals surface area (Å²) >= 11 is 2.60. The van der Waals surface area contributed by atoms with Gasteiger partial charge in [0.1, 0.15) is 0 Å². The van der Waals surface area contributed by atoms with Gasteiger partial charge >= 0.3 is 0 Å². The highest BCUT2D eigenvalue weighted by molar-refractivity contribution is 14.1. The fourth-order valence-electron chi connectivity index (χ4n) is 1.10. The molecule has 0 bridgehead atoms. The molecule has 1 heterocycles. The number of hydrogen-bond acceptors (Lipinski definition) is 1. The molecule has 0 radical (unpaired) electrons. The summed E-state index contributed by atoms with van der Waals surface area (Å²) in [5.41, 5.74) is 0. The molecule has 1 saturated heterocycles. The van der Waals surface area contributed by atoms with Gasteiger partial charge in [-0.15, -0.1) is 0 Å². The van der Waals surface area contributed by atoms with Crippen molar-refractivity contribution >= 4 is 30.7 Å².